The summed E-state index contributed by atoms with van der Waals surface area (Å²) < 4.78 is 45.8. The van der Waals surface area contributed by atoms with Crippen molar-refractivity contribution in [1.29, 1.82) is 0 Å². The van der Waals surface area contributed by atoms with E-state index in [1.807, 2.05) is 13.8 Å². The molecule has 0 aliphatic carbocycles. The van der Waals surface area contributed by atoms with Gasteiger partial charge in [0.2, 0.25) is 0 Å². The Morgan fingerprint density at radius 3 is 2.33 bits per heavy atom. The van der Waals surface area contributed by atoms with Gasteiger partial charge in [0.25, 0.3) is 11.7 Å². The van der Waals surface area contributed by atoms with Crippen LogP contribution in [0, 0.1) is 17.6 Å². The maximum atomic E-state index is 14.9. The quantitative estimate of drug-likeness (QED) is 0.204. The number of amides is 1. The monoisotopic (exact) mass is 537 g/mol. The van der Waals surface area contributed by atoms with Gasteiger partial charge in [-0.2, -0.15) is 0 Å². The Morgan fingerprint density at radius 1 is 0.974 bits per heavy atom. The molecule has 0 saturated carbocycles. The third kappa shape index (κ3) is 5.57. The van der Waals surface area contributed by atoms with Crippen molar-refractivity contribution in [2.24, 2.45) is 5.92 Å². The summed E-state index contributed by atoms with van der Waals surface area (Å²) in [6, 6.07) is 12.4. The highest BCUT2D eigenvalue weighted by Gasteiger charge is 2.48. The predicted octanol–water partition coefficient (Wildman–Crippen LogP) is 6.03. The number of benzene rings is 3. The van der Waals surface area contributed by atoms with Gasteiger partial charge in [-0.15, -0.1) is 0 Å². The topological polar surface area (TPSA) is 85.3 Å². The van der Waals surface area contributed by atoms with Crippen molar-refractivity contribution >= 4 is 23.1 Å². The molecule has 0 aromatic heterocycles. The van der Waals surface area contributed by atoms with E-state index in [-0.39, 0.29) is 11.1 Å². The van der Waals surface area contributed by atoms with Crippen LogP contribution in [0.15, 0.2) is 66.2 Å². The number of carbonyl (C=O) groups excluding carboxylic acids is 2. The van der Waals surface area contributed by atoms with Gasteiger partial charge in [-0.1, -0.05) is 19.9 Å². The van der Waals surface area contributed by atoms with Gasteiger partial charge in [-0.3, -0.25) is 14.5 Å². The van der Waals surface area contributed by atoms with E-state index in [0.29, 0.717) is 41.9 Å². The lowest BCUT2D eigenvalue weighted by molar-refractivity contribution is -0.132. The molecule has 1 heterocycles. The number of carbonyl (C=O) groups is 2. The fourth-order valence-corrected chi connectivity index (χ4v) is 4.33. The summed E-state index contributed by atoms with van der Waals surface area (Å²) in [5, 5.41) is 11.3. The zero-order valence-electron chi connectivity index (χ0n) is 22.0. The number of Topliss-reactive ketones (excluding diaryl/α,β-unsaturated/α-hetero) is 1. The number of rotatable bonds is 9. The Bertz CT molecular complexity index is 1420. The number of anilines is 1. The number of methoxy groups -OCH3 is 1. The normalized spacial score (nSPS) is 16.6. The first-order valence-electron chi connectivity index (χ1n) is 12.5. The second-order valence-electron chi connectivity index (χ2n) is 9.34. The molecule has 1 aliphatic rings. The molecule has 9 heteroatoms. The van der Waals surface area contributed by atoms with Crippen LogP contribution in [0.4, 0.5) is 14.5 Å². The van der Waals surface area contributed by atoms with E-state index >= 15 is 0 Å². The SMILES string of the molecule is CCOc1cc(C2/C(=C(\O)c3ccc(OCC(C)C)cc3)C(=O)C(=O)N2c2cc(F)ccc2F)ccc1OC. The van der Waals surface area contributed by atoms with Gasteiger partial charge in [0.1, 0.15) is 23.1 Å². The molecule has 1 unspecified atom stereocenters. The number of halogens is 2. The number of ketones is 1. The highest BCUT2D eigenvalue weighted by atomic mass is 19.1. The molecule has 0 radical (unpaired) electrons. The Balaban J connectivity index is 1.90. The first-order chi connectivity index (χ1) is 18.7. The van der Waals surface area contributed by atoms with Crippen molar-refractivity contribution in [2.45, 2.75) is 26.8 Å². The van der Waals surface area contributed by atoms with Crippen molar-refractivity contribution in [1.82, 2.24) is 0 Å². The summed E-state index contributed by atoms with van der Waals surface area (Å²) in [6.45, 7) is 6.58. The summed E-state index contributed by atoms with van der Waals surface area (Å²) in [4.78, 5) is 27.5. The smallest absolute Gasteiger partial charge is 0.300 e. The molecule has 39 heavy (non-hydrogen) atoms. The van der Waals surface area contributed by atoms with Crippen molar-refractivity contribution in [3.63, 3.8) is 0 Å². The number of ether oxygens (including phenoxy) is 3. The molecule has 0 bridgehead atoms. The molecule has 1 fully saturated rings. The highest BCUT2D eigenvalue weighted by Crippen LogP contribution is 2.45. The van der Waals surface area contributed by atoms with Crippen LogP contribution in [0.5, 0.6) is 17.2 Å². The summed E-state index contributed by atoms with van der Waals surface area (Å²) in [6.07, 6.45) is 0. The number of aliphatic hydroxyl groups is 1. The third-order valence-corrected chi connectivity index (χ3v) is 6.13. The number of aliphatic hydroxyl groups excluding tert-OH is 1. The summed E-state index contributed by atoms with van der Waals surface area (Å²) in [5.41, 5.74) is -0.159. The lowest BCUT2D eigenvalue weighted by Crippen LogP contribution is -2.30. The highest BCUT2D eigenvalue weighted by molar-refractivity contribution is 6.51. The maximum absolute atomic E-state index is 14.9. The molecule has 1 saturated heterocycles. The van der Waals surface area contributed by atoms with Crippen LogP contribution in [-0.4, -0.2) is 37.1 Å². The second kappa shape index (κ2) is 11.6. The van der Waals surface area contributed by atoms with E-state index in [1.54, 1.807) is 49.4 Å². The zero-order chi connectivity index (χ0) is 28.3. The van der Waals surface area contributed by atoms with Gasteiger partial charge < -0.3 is 19.3 Å². The van der Waals surface area contributed by atoms with E-state index in [4.69, 9.17) is 14.2 Å². The minimum atomic E-state index is -1.29. The van der Waals surface area contributed by atoms with E-state index in [2.05, 4.69) is 0 Å². The molecule has 3 aromatic carbocycles. The fraction of sp³-hybridized carbons (Fsp3) is 0.267. The minimum Gasteiger partial charge on any atom is -0.507 e. The fourth-order valence-electron chi connectivity index (χ4n) is 4.33. The molecule has 4 rings (SSSR count). The molecule has 204 valence electrons. The first-order valence-corrected chi connectivity index (χ1v) is 12.5. The molecule has 7 nitrogen and oxygen atoms in total. The molecule has 1 amide bonds. The van der Waals surface area contributed by atoms with Crippen molar-refractivity contribution in [3.05, 3.63) is 89.0 Å². The maximum Gasteiger partial charge on any atom is 0.300 e. The molecule has 1 aliphatic heterocycles. The van der Waals surface area contributed by atoms with Gasteiger partial charge in [-0.05, 0) is 66.9 Å². The molecule has 1 N–H and O–H groups in total. The van der Waals surface area contributed by atoms with Gasteiger partial charge >= 0.3 is 0 Å². The van der Waals surface area contributed by atoms with Crippen LogP contribution in [0.1, 0.15) is 37.9 Å². The molecule has 0 spiro atoms. The van der Waals surface area contributed by atoms with Gasteiger partial charge in [0.15, 0.2) is 11.5 Å². The summed E-state index contributed by atoms with van der Waals surface area (Å²) >= 11 is 0. The van der Waals surface area contributed by atoms with Crippen LogP contribution in [0.2, 0.25) is 0 Å². The standard InChI is InChI=1S/C30H29F2NO6/c1-5-38-25-14-19(8-13-24(25)37-4)27-26(28(34)18-6-10-21(11-7-18)39-16-17(2)3)29(35)30(36)33(27)23-15-20(31)9-12-22(23)32/h6-15,17,27,34H,5,16H2,1-4H3/b28-26+. The van der Waals surface area contributed by atoms with Crippen LogP contribution in [0.25, 0.3) is 5.76 Å². The Morgan fingerprint density at radius 2 is 1.69 bits per heavy atom. The summed E-state index contributed by atoms with van der Waals surface area (Å²) in [7, 11) is 1.46. The van der Waals surface area contributed by atoms with Crippen molar-refractivity contribution < 1.29 is 37.7 Å². The van der Waals surface area contributed by atoms with Crippen LogP contribution in [0.3, 0.4) is 0 Å². The average molecular weight is 538 g/mol. The third-order valence-electron chi connectivity index (χ3n) is 6.13. The van der Waals surface area contributed by atoms with Gasteiger partial charge in [-0.25, -0.2) is 8.78 Å². The number of hydrogen-bond acceptors (Lipinski definition) is 6. The summed E-state index contributed by atoms with van der Waals surface area (Å²) in [5.74, 6) is -2.75. The minimum absolute atomic E-state index is 0.244. The largest absolute Gasteiger partial charge is 0.507 e. The lowest BCUT2D eigenvalue weighted by atomic mass is 9.94. The van der Waals surface area contributed by atoms with Crippen LogP contribution >= 0.6 is 0 Å². The van der Waals surface area contributed by atoms with Crippen LogP contribution in [-0.2, 0) is 9.59 Å². The first kappa shape index (κ1) is 27.6. The number of nitrogens with zero attached hydrogens (tertiary/aromatic N) is 1. The second-order valence-corrected chi connectivity index (χ2v) is 9.34. The Kier molecular flexibility index (Phi) is 8.18. The van der Waals surface area contributed by atoms with Gasteiger partial charge in [0, 0.05) is 11.6 Å². The molecule has 3 aromatic rings. The Labute approximate surface area is 225 Å². The molecular formula is C30H29F2NO6. The molecule has 1 atom stereocenters. The Hall–Kier alpha value is -4.40. The van der Waals surface area contributed by atoms with Crippen molar-refractivity contribution in [3.8, 4) is 17.2 Å². The van der Waals surface area contributed by atoms with Crippen LogP contribution < -0.4 is 19.1 Å². The van der Waals surface area contributed by atoms with E-state index < -0.39 is 40.8 Å². The molecular weight excluding hydrogens is 508 g/mol. The van der Waals surface area contributed by atoms with Crippen molar-refractivity contribution in [2.75, 3.05) is 25.2 Å². The average Bonchev–Trinajstić information content (AvgIpc) is 3.18. The zero-order valence-corrected chi connectivity index (χ0v) is 22.0. The number of hydrogen-bond donors (Lipinski definition) is 1. The van der Waals surface area contributed by atoms with Gasteiger partial charge in [0.05, 0.1) is 37.6 Å². The predicted molar refractivity (Wildman–Crippen MR) is 142 cm³/mol. The van der Waals surface area contributed by atoms with E-state index in [1.165, 1.54) is 7.11 Å². The van der Waals surface area contributed by atoms with E-state index in [0.717, 1.165) is 23.1 Å². The van der Waals surface area contributed by atoms with E-state index in [9.17, 15) is 23.5 Å². The lowest BCUT2D eigenvalue weighted by Gasteiger charge is -2.26.